The van der Waals surface area contributed by atoms with Gasteiger partial charge in [0.1, 0.15) is 6.10 Å². The molecule has 3 amide bonds. The van der Waals surface area contributed by atoms with Crippen LogP contribution < -0.4 is 10.2 Å². The average molecular weight is 539 g/mol. The van der Waals surface area contributed by atoms with Crippen LogP contribution in [0.2, 0.25) is 0 Å². The minimum absolute atomic E-state index is 0.0650. The Morgan fingerprint density at radius 1 is 1.10 bits per heavy atom. The predicted octanol–water partition coefficient (Wildman–Crippen LogP) is 5.08. The van der Waals surface area contributed by atoms with Gasteiger partial charge < -0.3 is 15.2 Å². The third-order valence-corrected chi connectivity index (χ3v) is 6.35. The molecule has 3 aromatic rings. The van der Waals surface area contributed by atoms with Gasteiger partial charge in [-0.25, -0.2) is 9.69 Å². The van der Waals surface area contributed by atoms with Gasteiger partial charge in [0.2, 0.25) is 0 Å². The summed E-state index contributed by atoms with van der Waals surface area (Å²) in [6.07, 6.45) is -5.42. The lowest BCUT2D eigenvalue weighted by Gasteiger charge is -2.27. The van der Waals surface area contributed by atoms with Crippen molar-refractivity contribution in [3.63, 3.8) is 0 Å². The van der Waals surface area contributed by atoms with Crippen molar-refractivity contribution >= 4 is 23.4 Å². The number of urea groups is 1. The number of aryl methyl sites for hydroxylation is 1. The van der Waals surface area contributed by atoms with Crippen LogP contribution in [0.3, 0.4) is 0 Å². The Morgan fingerprint density at radius 3 is 2.46 bits per heavy atom. The number of nitrogens with zero attached hydrogens (tertiary/aromatic N) is 1. The summed E-state index contributed by atoms with van der Waals surface area (Å²) in [5, 5.41) is 13.0. The van der Waals surface area contributed by atoms with Crippen LogP contribution in [0.1, 0.15) is 38.7 Å². The number of nitrogens with one attached hydrogen (secondary N) is 1. The lowest BCUT2D eigenvalue weighted by Crippen LogP contribution is -2.48. The van der Waals surface area contributed by atoms with Crippen molar-refractivity contribution in [3.05, 3.63) is 113 Å². The molecule has 4 rings (SSSR count). The van der Waals surface area contributed by atoms with Gasteiger partial charge in [-0.3, -0.25) is 9.59 Å². The van der Waals surface area contributed by atoms with E-state index in [1.54, 1.807) is 37.3 Å². The standard InChI is InChI=1S/C29H25F3N2O5/c1-3-14-39-17-28(20-11-7-8-18(2)15-20)26(37)34(27(38)33-28)21-12-13-22(23(16-21)29(30,31)32)25(36)24(35)19-9-5-4-6-10-19/h3-13,15-16,24,35H,1,14,17H2,2H3,(H,33,38). The first-order chi connectivity index (χ1) is 18.5. The van der Waals surface area contributed by atoms with Crippen LogP contribution in [0.5, 0.6) is 0 Å². The molecule has 0 aromatic heterocycles. The number of imide groups is 1. The summed E-state index contributed by atoms with van der Waals surface area (Å²) in [6.45, 7) is 5.11. The number of carbonyl (C=O) groups is 3. The third-order valence-electron chi connectivity index (χ3n) is 6.35. The molecular formula is C29H25F3N2O5. The molecule has 0 radical (unpaired) electrons. The SMILES string of the molecule is C=CCOCC1(c2cccc(C)c2)NC(=O)N(c2ccc(C(=O)C(O)c3ccccc3)c(C(F)(F)F)c2)C1=O. The first kappa shape index (κ1) is 27.7. The fraction of sp³-hybridized carbons (Fsp3) is 0.207. The largest absolute Gasteiger partial charge is 0.417 e. The molecule has 2 atom stereocenters. The molecule has 1 heterocycles. The van der Waals surface area contributed by atoms with E-state index in [1.807, 2.05) is 0 Å². The van der Waals surface area contributed by atoms with E-state index in [9.17, 15) is 32.7 Å². The Kier molecular flexibility index (Phi) is 7.71. The Hall–Kier alpha value is -4.28. The second-order valence-corrected chi connectivity index (χ2v) is 9.05. The number of hydrogen-bond acceptors (Lipinski definition) is 5. The van der Waals surface area contributed by atoms with Gasteiger partial charge >= 0.3 is 12.2 Å². The van der Waals surface area contributed by atoms with Crippen molar-refractivity contribution in [2.45, 2.75) is 24.7 Å². The minimum Gasteiger partial charge on any atom is -0.380 e. The summed E-state index contributed by atoms with van der Waals surface area (Å²) < 4.78 is 47.9. The topological polar surface area (TPSA) is 95.9 Å². The van der Waals surface area contributed by atoms with E-state index < -0.39 is 52.4 Å². The molecule has 1 aliphatic rings. The van der Waals surface area contributed by atoms with Gasteiger partial charge in [-0.2, -0.15) is 13.2 Å². The first-order valence-electron chi connectivity index (χ1n) is 11.9. The fourth-order valence-electron chi connectivity index (χ4n) is 4.45. The highest BCUT2D eigenvalue weighted by molar-refractivity contribution is 6.23. The van der Waals surface area contributed by atoms with Gasteiger partial charge in [0.15, 0.2) is 11.3 Å². The number of benzene rings is 3. The summed E-state index contributed by atoms with van der Waals surface area (Å²) in [4.78, 5) is 40.4. The van der Waals surface area contributed by atoms with Gasteiger partial charge in [-0.15, -0.1) is 6.58 Å². The number of alkyl halides is 3. The van der Waals surface area contributed by atoms with Crippen molar-refractivity contribution in [2.75, 3.05) is 18.1 Å². The van der Waals surface area contributed by atoms with Crippen molar-refractivity contribution < 1.29 is 37.4 Å². The summed E-state index contributed by atoms with van der Waals surface area (Å²) >= 11 is 0. The molecule has 0 spiro atoms. The third kappa shape index (κ3) is 5.34. The molecule has 10 heteroatoms. The van der Waals surface area contributed by atoms with Gasteiger partial charge in [0.25, 0.3) is 5.91 Å². The average Bonchev–Trinajstić information content (AvgIpc) is 3.17. The normalized spacial score (nSPS) is 18.1. The number of anilines is 1. The molecule has 0 aliphatic carbocycles. The van der Waals surface area contributed by atoms with E-state index in [4.69, 9.17) is 4.74 Å². The molecular weight excluding hydrogens is 513 g/mol. The van der Waals surface area contributed by atoms with Crippen LogP contribution in [0.15, 0.2) is 85.5 Å². The first-order valence-corrected chi connectivity index (χ1v) is 11.9. The number of rotatable bonds is 9. The Balaban J connectivity index is 1.77. The summed E-state index contributed by atoms with van der Waals surface area (Å²) in [6, 6.07) is 15.8. The number of carbonyl (C=O) groups excluding carboxylic acids is 3. The smallest absolute Gasteiger partial charge is 0.380 e. The van der Waals surface area contributed by atoms with E-state index in [0.29, 0.717) is 16.5 Å². The Bertz CT molecular complexity index is 1420. The number of ether oxygens (including phenoxy) is 1. The highest BCUT2D eigenvalue weighted by Crippen LogP contribution is 2.39. The molecule has 0 bridgehead atoms. The van der Waals surface area contributed by atoms with Crippen LogP contribution in [0.25, 0.3) is 0 Å². The summed E-state index contributed by atoms with van der Waals surface area (Å²) in [5.74, 6) is -2.03. The minimum atomic E-state index is -5.03. The zero-order valence-corrected chi connectivity index (χ0v) is 20.9. The molecule has 2 N–H and O–H groups in total. The second-order valence-electron chi connectivity index (χ2n) is 9.05. The highest BCUT2D eigenvalue weighted by Gasteiger charge is 2.54. The van der Waals surface area contributed by atoms with Gasteiger partial charge in [-0.05, 0) is 36.2 Å². The molecule has 202 valence electrons. The number of amides is 3. The van der Waals surface area contributed by atoms with Crippen LogP contribution in [-0.2, 0) is 21.2 Å². The number of hydrogen-bond donors (Lipinski definition) is 2. The molecule has 2 unspecified atom stereocenters. The zero-order chi connectivity index (χ0) is 28.4. The van der Waals surface area contributed by atoms with Crippen molar-refractivity contribution in [3.8, 4) is 0 Å². The predicted molar refractivity (Wildman–Crippen MR) is 137 cm³/mol. The van der Waals surface area contributed by atoms with Gasteiger partial charge in [0.05, 0.1) is 24.5 Å². The van der Waals surface area contributed by atoms with Crippen molar-refractivity contribution in [1.29, 1.82) is 0 Å². The summed E-state index contributed by atoms with van der Waals surface area (Å²) in [7, 11) is 0. The highest BCUT2D eigenvalue weighted by atomic mass is 19.4. The van der Waals surface area contributed by atoms with E-state index in [2.05, 4.69) is 11.9 Å². The number of aliphatic hydroxyl groups is 1. The van der Waals surface area contributed by atoms with Crippen LogP contribution >= 0.6 is 0 Å². The molecule has 0 saturated carbocycles. The zero-order valence-electron chi connectivity index (χ0n) is 20.9. The number of Topliss-reactive ketones (excluding diaryl/α,β-unsaturated/α-hetero) is 1. The molecule has 1 saturated heterocycles. The fourth-order valence-corrected chi connectivity index (χ4v) is 4.45. The molecule has 3 aromatic carbocycles. The lowest BCUT2D eigenvalue weighted by molar-refractivity contribution is -0.138. The quantitative estimate of drug-likeness (QED) is 0.171. The van der Waals surface area contributed by atoms with Gasteiger partial charge in [-0.1, -0.05) is 66.2 Å². The number of halogens is 3. The maximum Gasteiger partial charge on any atom is 0.417 e. The van der Waals surface area contributed by atoms with E-state index in [1.165, 1.54) is 30.3 Å². The van der Waals surface area contributed by atoms with Crippen LogP contribution in [-0.4, -0.2) is 36.0 Å². The molecule has 39 heavy (non-hydrogen) atoms. The van der Waals surface area contributed by atoms with Crippen molar-refractivity contribution in [2.24, 2.45) is 0 Å². The van der Waals surface area contributed by atoms with Crippen molar-refractivity contribution in [1.82, 2.24) is 5.32 Å². The Labute approximate surface area is 222 Å². The van der Waals surface area contributed by atoms with E-state index in [-0.39, 0.29) is 18.8 Å². The second kappa shape index (κ2) is 10.8. The molecule has 7 nitrogen and oxygen atoms in total. The number of aliphatic hydroxyl groups excluding tert-OH is 1. The Morgan fingerprint density at radius 2 is 1.82 bits per heavy atom. The maximum atomic E-state index is 14.1. The van der Waals surface area contributed by atoms with Gasteiger partial charge in [0, 0.05) is 5.56 Å². The summed E-state index contributed by atoms with van der Waals surface area (Å²) in [5.41, 5.74) is -2.99. The van der Waals surface area contributed by atoms with Crippen LogP contribution in [0, 0.1) is 6.92 Å². The van der Waals surface area contributed by atoms with Crippen LogP contribution in [0.4, 0.5) is 23.7 Å². The molecule has 1 fully saturated rings. The van der Waals surface area contributed by atoms with E-state index in [0.717, 1.165) is 17.7 Å². The molecule has 1 aliphatic heterocycles. The number of ketones is 1. The van der Waals surface area contributed by atoms with E-state index >= 15 is 0 Å². The maximum absolute atomic E-state index is 14.1. The lowest BCUT2D eigenvalue weighted by atomic mass is 9.89. The monoisotopic (exact) mass is 538 g/mol.